The van der Waals surface area contributed by atoms with Gasteiger partial charge < -0.3 is 15.6 Å². The highest BCUT2D eigenvalue weighted by molar-refractivity contribution is 5.81. The molecule has 1 atom stereocenters. The van der Waals surface area contributed by atoms with Crippen LogP contribution in [-0.2, 0) is 22.4 Å². The van der Waals surface area contributed by atoms with E-state index in [2.05, 4.69) is 10.5 Å². The fourth-order valence-corrected chi connectivity index (χ4v) is 2.39. The first-order chi connectivity index (χ1) is 11.4. The number of aryl methyl sites for hydroxylation is 2. The number of hydrogen-bond donors (Lipinski definition) is 2. The summed E-state index contributed by atoms with van der Waals surface area (Å²) < 4.78 is 17.9. The average molecular weight is 333 g/mol. The predicted molar refractivity (Wildman–Crippen MR) is 85.5 cm³/mol. The second-order valence-electron chi connectivity index (χ2n) is 5.71. The highest BCUT2D eigenvalue weighted by Crippen LogP contribution is 2.13. The fourth-order valence-electron chi connectivity index (χ4n) is 2.39. The average Bonchev–Trinajstić information content (AvgIpc) is 2.85. The molecule has 0 radical (unpaired) electrons. The van der Waals surface area contributed by atoms with Crippen LogP contribution in [0.2, 0.25) is 0 Å². The van der Waals surface area contributed by atoms with Gasteiger partial charge >= 0.3 is 0 Å². The first-order valence-corrected chi connectivity index (χ1v) is 7.59. The lowest BCUT2D eigenvalue weighted by molar-refractivity contribution is -0.123. The van der Waals surface area contributed by atoms with Crippen molar-refractivity contribution in [2.24, 2.45) is 11.7 Å². The van der Waals surface area contributed by atoms with E-state index < -0.39 is 11.8 Å². The second kappa shape index (κ2) is 7.72. The molecule has 6 nitrogen and oxygen atoms in total. The van der Waals surface area contributed by atoms with Crippen LogP contribution in [0.15, 0.2) is 28.8 Å². The number of aromatic nitrogens is 1. The van der Waals surface area contributed by atoms with Gasteiger partial charge in [0.2, 0.25) is 11.8 Å². The zero-order chi connectivity index (χ0) is 17.7. The van der Waals surface area contributed by atoms with E-state index in [4.69, 9.17) is 10.3 Å². The van der Waals surface area contributed by atoms with E-state index in [1.807, 2.05) is 0 Å². The van der Waals surface area contributed by atoms with Crippen LogP contribution in [0.3, 0.4) is 0 Å². The molecule has 2 rings (SSSR count). The summed E-state index contributed by atoms with van der Waals surface area (Å²) in [5, 5.41) is 6.50. The number of carbonyl (C=O) groups is 2. The van der Waals surface area contributed by atoms with Gasteiger partial charge in [0.05, 0.1) is 18.0 Å². The molecule has 2 aromatic rings. The van der Waals surface area contributed by atoms with Crippen LogP contribution in [0.25, 0.3) is 0 Å². The molecule has 0 bridgehead atoms. The van der Waals surface area contributed by atoms with Crippen molar-refractivity contribution in [2.45, 2.75) is 26.7 Å². The van der Waals surface area contributed by atoms with Crippen LogP contribution in [0.4, 0.5) is 4.39 Å². The highest BCUT2D eigenvalue weighted by atomic mass is 19.1. The standard InChI is InChI=1S/C17H20FN3O3/c1-10-15(11(2)24-21-10)8-16(22)20-9-13(17(19)23)7-12-3-5-14(18)6-4-12/h3-6,13H,7-9H2,1-2H3,(H2,19,23)(H,20,22)/t13-/m1/s1. The Labute approximate surface area is 139 Å². The Kier molecular flexibility index (Phi) is 5.68. The maximum absolute atomic E-state index is 12.9. The fraction of sp³-hybridized carbons (Fsp3) is 0.353. The van der Waals surface area contributed by atoms with Gasteiger partial charge in [0.15, 0.2) is 0 Å². The summed E-state index contributed by atoms with van der Waals surface area (Å²) in [5.74, 6) is -1.07. The van der Waals surface area contributed by atoms with Crippen molar-refractivity contribution < 1.29 is 18.5 Å². The molecule has 0 aliphatic rings. The Morgan fingerprint density at radius 3 is 2.50 bits per heavy atom. The smallest absolute Gasteiger partial charge is 0.224 e. The van der Waals surface area contributed by atoms with E-state index in [0.29, 0.717) is 17.9 Å². The second-order valence-corrected chi connectivity index (χ2v) is 5.71. The highest BCUT2D eigenvalue weighted by Gasteiger charge is 2.19. The molecule has 0 unspecified atom stereocenters. The van der Waals surface area contributed by atoms with Crippen molar-refractivity contribution in [3.63, 3.8) is 0 Å². The maximum atomic E-state index is 12.9. The molecular formula is C17H20FN3O3. The monoisotopic (exact) mass is 333 g/mol. The van der Waals surface area contributed by atoms with Gasteiger partial charge in [-0.3, -0.25) is 9.59 Å². The lowest BCUT2D eigenvalue weighted by Crippen LogP contribution is -2.37. The van der Waals surface area contributed by atoms with E-state index in [9.17, 15) is 14.0 Å². The van der Waals surface area contributed by atoms with Gasteiger partial charge in [-0.15, -0.1) is 0 Å². The SMILES string of the molecule is Cc1noc(C)c1CC(=O)NC[C@@H](Cc1ccc(F)cc1)C(N)=O. The Morgan fingerprint density at radius 2 is 1.96 bits per heavy atom. The number of rotatable bonds is 7. The third-order valence-corrected chi connectivity index (χ3v) is 3.86. The molecule has 1 aromatic heterocycles. The summed E-state index contributed by atoms with van der Waals surface area (Å²) in [6.07, 6.45) is 0.463. The van der Waals surface area contributed by atoms with Crippen LogP contribution in [0.5, 0.6) is 0 Å². The van der Waals surface area contributed by atoms with Gasteiger partial charge in [-0.1, -0.05) is 17.3 Å². The molecule has 0 spiro atoms. The van der Waals surface area contributed by atoms with E-state index in [1.165, 1.54) is 12.1 Å². The molecule has 0 fully saturated rings. The van der Waals surface area contributed by atoms with Gasteiger partial charge in [-0.2, -0.15) is 0 Å². The van der Waals surface area contributed by atoms with Gasteiger partial charge in [0.1, 0.15) is 11.6 Å². The number of amides is 2. The van der Waals surface area contributed by atoms with Crippen LogP contribution in [0.1, 0.15) is 22.6 Å². The Morgan fingerprint density at radius 1 is 1.29 bits per heavy atom. The topological polar surface area (TPSA) is 98.2 Å². The van der Waals surface area contributed by atoms with E-state index in [-0.39, 0.29) is 24.7 Å². The molecule has 7 heteroatoms. The summed E-state index contributed by atoms with van der Waals surface area (Å²) in [4.78, 5) is 23.6. The molecule has 128 valence electrons. The summed E-state index contributed by atoms with van der Waals surface area (Å²) in [6.45, 7) is 3.62. The molecule has 0 aliphatic carbocycles. The number of nitrogens with one attached hydrogen (secondary N) is 1. The Hall–Kier alpha value is -2.70. The van der Waals surface area contributed by atoms with Gasteiger partial charge in [-0.25, -0.2) is 4.39 Å². The molecule has 1 heterocycles. The van der Waals surface area contributed by atoms with Crippen LogP contribution < -0.4 is 11.1 Å². The summed E-state index contributed by atoms with van der Waals surface area (Å²) in [7, 11) is 0. The molecule has 0 saturated carbocycles. The molecular weight excluding hydrogens is 313 g/mol. The van der Waals surface area contributed by atoms with Crippen molar-refractivity contribution >= 4 is 11.8 Å². The van der Waals surface area contributed by atoms with Crippen LogP contribution >= 0.6 is 0 Å². The molecule has 2 amide bonds. The molecule has 3 N–H and O–H groups in total. The minimum atomic E-state index is -0.566. The number of nitrogens with zero attached hydrogens (tertiary/aromatic N) is 1. The van der Waals surface area contributed by atoms with Crippen LogP contribution in [0, 0.1) is 25.6 Å². The zero-order valence-electron chi connectivity index (χ0n) is 13.6. The van der Waals surface area contributed by atoms with E-state index in [0.717, 1.165) is 11.1 Å². The quantitative estimate of drug-likeness (QED) is 0.801. The summed E-state index contributed by atoms with van der Waals surface area (Å²) >= 11 is 0. The maximum Gasteiger partial charge on any atom is 0.224 e. The van der Waals surface area contributed by atoms with Crippen molar-refractivity contribution in [3.8, 4) is 0 Å². The predicted octanol–water partition coefficient (Wildman–Crippen LogP) is 1.43. The number of halogens is 1. The van der Waals surface area contributed by atoms with Crippen molar-refractivity contribution in [2.75, 3.05) is 6.54 Å². The lowest BCUT2D eigenvalue weighted by Gasteiger charge is -2.14. The number of nitrogens with two attached hydrogens (primary N) is 1. The number of primary amides is 1. The van der Waals surface area contributed by atoms with E-state index >= 15 is 0 Å². The minimum absolute atomic E-state index is 0.120. The third-order valence-electron chi connectivity index (χ3n) is 3.86. The Bertz CT molecular complexity index is 706. The van der Waals surface area contributed by atoms with Crippen LogP contribution in [-0.4, -0.2) is 23.5 Å². The van der Waals surface area contributed by atoms with E-state index in [1.54, 1.807) is 26.0 Å². The molecule has 0 aliphatic heterocycles. The Balaban J connectivity index is 1.92. The first-order valence-electron chi connectivity index (χ1n) is 7.59. The van der Waals surface area contributed by atoms with Gasteiger partial charge in [0.25, 0.3) is 0 Å². The molecule has 1 aromatic carbocycles. The normalized spacial score (nSPS) is 12.0. The zero-order valence-corrected chi connectivity index (χ0v) is 13.6. The molecule has 24 heavy (non-hydrogen) atoms. The summed E-state index contributed by atoms with van der Waals surface area (Å²) in [5.41, 5.74) is 7.58. The molecule has 0 saturated heterocycles. The van der Waals surface area contributed by atoms with Gasteiger partial charge in [0, 0.05) is 12.1 Å². The largest absolute Gasteiger partial charge is 0.369 e. The first kappa shape index (κ1) is 17.7. The number of carbonyl (C=O) groups excluding carboxylic acids is 2. The lowest BCUT2D eigenvalue weighted by atomic mass is 9.98. The third kappa shape index (κ3) is 4.65. The van der Waals surface area contributed by atoms with Crippen molar-refractivity contribution in [1.82, 2.24) is 10.5 Å². The number of hydrogen-bond acceptors (Lipinski definition) is 4. The van der Waals surface area contributed by atoms with Crippen molar-refractivity contribution in [1.29, 1.82) is 0 Å². The minimum Gasteiger partial charge on any atom is -0.369 e. The van der Waals surface area contributed by atoms with Gasteiger partial charge in [-0.05, 0) is 38.0 Å². The van der Waals surface area contributed by atoms with Crippen molar-refractivity contribution in [3.05, 3.63) is 52.7 Å². The summed E-state index contributed by atoms with van der Waals surface area (Å²) in [6, 6.07) is 5.83. The number of benzene rings is 1.